The molecule has 1 N–H and O–H groups in total. The smallest absolute Gasteiger partial charge is 0.337 e. The summed E-state index contributed by atoms with van der Waals surface area (Å²) in [4.78, 5) is 30.4. The molecule has 2 fully saturated rings. The van der Waals surface area contributed by atoms with Gasteiger partial charge in [0, 0.05) is 35.2 Å². The molecule has 1 aliphatic heterocycles. The van der Waals surface area contributed by atoms with E-state index in [0.29, 0.717) is 27.2 Å². The Morgan fingerprint density at radius 3 is 2.47 bits per heavy atom. The fourth-order valence-electron chi connectivity index (χ4n) is 7.27. The Bertz CT molecular complexity index is 1970. The lowest BCUT2D eigenvalue weighted by Crippen LogP contribution is -2.47. The molecular formula is C36H41ClN6O3S. The first-order chi connectivity index (χ1) is 22.4. The number of aromatic nitrogens is 5. The van der Waals surface area contributed by atoms with Crippen molar-refractivity contribution >= 4 is 50.3 Å². The maximum atomic E-state index is 12.7. The third kappa shape index (κ3) is 6.17. The van der Waals surface area contributed by atoms with Crippen LogP contribution in [0.2, 0.25) is 5.02 Å². The molecule has 47 heavy (non-hydrogen) atoms. The summed E-state index contributed by atoms with van der Waals surface area (Å²) in [7, 11) is 1.93. The highest BCUT2D eigenvalue weighted by Gasteiger charge is 2.35. The topological polar surface area (TPSA) is 106 Å². The van der Waals surface area contributed by atoms with Gasteiger partial charge in [0.05, 0.1) is 27.7 Å². The van der Waals surface area contributed by atoms with Crippen LogP contribution in [0.3, 0.4) is 0 Å². The zero-order valence-electron chi connectivity index (χ0n) is 27.7. The number of aryl methyl sites for hydroxylation is 2. The summed E-state index contributed by atoms with van der Waals surface area (Å²) >= 11 is 7.76. The van der Waals surface area contributed by atoms with Gasteiger partial charge in [-0.15, -0.1) is 11.3 Å². The Balaban J connectivity index is 1.31. The van der Waals surface area contributed by atoms with Crippen LogP contribution >= 0.6 is 22.9 Å². The Morgan fingerprint density at radius 2 is 1.83 bits per heavy atom. The zero-order chi connectivity index (χ0) is 33.2. The van der Waals surface area contributed by atoms with Gasteiger partial charge in [0.1, 0.15) is 16.2 Å². The average Bonchev–Trinajstić information content (AvgIpc) is 3.58. The minimum absolute atomic E-state index is 0.338. The molecule has 0 bridgehead atoms. The van der Waals surface area contributed by atoms with Gasteiger partial charge in [-0.2, -0.15) is 5.10 Å². The summed E-state index contributed by atoms with van der Waals surface area (Å²) in [6.07, 6.45) is 5.36. The third-order valence-electron chi connectivity index (χ3n) is 9.58. The lowest BCUT2D eigenvalue weighted by Gasteiger charge is -2.44. The number of carboxylic acid groups (broad SMARTS) is 1. The van der Waals surface area contributed by atoms with E-state index in [1.54, 1.807) is 6.20 Å². The predicted molar refractivity (Wildman–Crippen MR) is 187 cm³/mol. The largest absolute Gasteiger partial charge is 0.479 e. The SMILES string of the molecule is Cc1cc2nc(-c3cnc4c(n3)c(C3CCN(C5CC(C)C5)CC3)nn4C)sc2c(-c2ccc(Cl)cc2)c1[C@H](OC(C)(C)C)C(=O)O. The van der Waals surface area contributed by atoms with Crippen molar-refractivity contribution in [2.24, 2.45) is 13.0 Å². The van der Waals surface area contributed by atoms with Crippen molar-refractivity contribution in [1.82, 2.24) is 29.6 Å². The minimum atomic E-state index is -1.18. The molecule has 2 aliphatic rings. The van der Waals surface area contributed by atoms with E-state index in [0.717, 1.165) is 81.7 Å². The van der Waals surface area contributed by atoms with Gasteiger partial charge < -0.3 is 14.7 Å². The second kappa shape index (κ2) is 12.2. The molecule has 0 spiro atoms. The van der Waals surface area contributed by atoms with Gasteiger partial charge in [0.15, 0.2) is 11.8 Å². The van der Waals surface area contributed by atoms with Gasteiger partial charge in [-0.05, 0) is 102 Å². The van der Waals surface area contributed by atoms with E-state index in [-0.39, 0.29) is 0 Å². The van der Waals surface area contributed by atoms with Crippen LogP contribution in [0, 0.1) is 12.8 Å². The fourth-order valence-corrected chi connectivity index (χ4v) is 8.48. The van der Waals surface area contributed by atoms with Gasteiger partial charge >= 0.3 is 5.97 Å². The first-order valence-corrected chi connectivity index (χ1v) is 17.6. The van der Waals surface area contributed by atoms with Crippen LogP contribution in [0.4, 0.5) is 0 Å². The highest BCUT2D eigenvalue weighted by Crippen LogP contribution is 2.45. The van der Waals surface area contributed by atoms with E-state index in [1.807, 2.05) is 69.8 Å². The number of carboxylic acids is 1. The standard InChI is InChI=1S/C36H41ClN6O3S/c1-19-15-24(16-19)43-13-11-22(12-14-43)29-30-33(42(6)41-29)38-18-26(39-30)34-40-25-17-20(2)27(31(35(44)45)46-36(3,4)5)28(32(25)47-34)21-7-9-23(37)10-8-21/h7-10,17-19,22,24,31H,11-16H2,1-6H3,(H,44,45)/t19?,24?,31-/m0/s1. The number of thiazole rings is 1. The maximum absolute atomic E-state index is 12.7. The molecule has 11 heteroatoms. The van der Waals surface area contributed by atoms with Crippen LogP contribution in [0.25, 0.3) is 43.2 Å². The number of ether oxygens (including phenoxy) is 1. The number of fused-ring (bicyclic) bond motifs is 2. The molecule has 5 aromatic rings. The van der Waals surface area contributed by atoms with E-state index < -0.39 is 17.7 Å². The summed E-state index contributed by atoms with van der Waals surface area (Å²) < 4.78 is 8.87. The molecule has 1 saturated heterocycles. The maximum Gasteiger partial charge on any atom is 0.337 e. The minimum Gasteiger partial charge on any atom is -0.479 e. The second-order valence-electron chi connectivity index (χ2n) is 14.3. The number of hydrogen-bond donors (Lipinski definition) is 1. The van der Waals surface area contributed by atoms with Crippen molar-refractivity contribution in [2.75, 3.05) is 13.1 Å². The highest BCUT2D eigenvalue weighted by atomic mass is 35.5. The van der Waals surface area contributed by atoms with Gasteiger partial charge in [-0.1, -0.05) is 30.7 Å². The molecule has 1 saturated carbocycles. The molecule has 1 aliphatic carbocycles. The number of likely N-dealkylation sites (tertiary alicyclic amines) is 1. The van der Waals surface area contributed by atoms with Crippen LogP contribution < -0.4 is 0 Å². The first-order valence-electron chi connectivity index (χ1n) is 16.4. The molecule has 0 amide bonds. The van der Waals surface area contributed by atoms with E-state index in [9.17, 15) is 9.90 Å². The third-order valence-corrected chi connectivity index (χ3v) is 10.9. The summed E-state index contributed by atoms with van der Waals surface area (Å²) in [6.45, 7) is 12.0. The molecular weight excluding hydrogens is 632 g/mol. The number of carbonyl (C=O) groups is 1. The van der Waals surface area contributed by atoms with Crippen molar-refractivity contribution < 1.29 is 14.6 Å². The summed E-state index contributed by atoms with van der Waals surface area (Å²) in [5.41, 5.74) is 6.39. The molecule has 9 nitrogen and oxygen atoms in total. The van der Waals surface area contributed by atoms with Crippen LogP contribution in [0.15, 0.2) is 36.5 Å². The summed E-state index contributed by atoms with van der Waals surface area (Å²) in [6, 6.07) is 10.2. The Kier molecular flexibility index (Phi) is 8.35. The molecule has 246 valence electrons. The van der Waals surface area contributed by atoms with Gasteiger partial charge in [-0.3, -0.25) is 0 Å². The van der Waals surface area contributed by atoms with Crippen molar-refractivity contribution in [3.63, 3.8) is 0 Å². The number of nitrogens with zero attached hydrogens (tertiary/aromatic N) is 6. The molecule has 1 atom stereocenters. The van der Waals surface area contributed by atoms with E-state index in [4.69, 9.17) is 36.4 Å². The van der Waals surface area contributed by atoms with Crippen molar-refractivity contribution in [1.29, 1.82) is 0 Å². The van der Waals surface area contributed by atoms with Crippen molar-refractivity contribution in [3.8, 4) is 21.8 Å². The molecule has 7 rings (SSSR count). The van der Waals surface area contributed by atoms with Crippen molar-refractivity contribution in [2.45, 2.75) is 84.0 Å². The number of halogens is 1. The molecule has 0 radical (unpaired) electrons. The number of benzene rings is 2. The fraction of sp³-hybridized carbons (Fsp3) is 0.472. The summed E-state index contributed by atoms with van der Waals surface area (Å²) in [5, 5.41) is 16.7. The Hall–Kier alpha value is -3.44. The Morgan fingerprint density at radius 1 is 1.13 bits per heavy atom. The summed E-state index contributed by atoms with van der Waals surface area (Å²) in [5.74, 6) is 0.141. The van der Waals surface area contributed by atoms with Crippen LogP contribution in [-0.2, 0) is 16.6 Å². The second-order valence-corrected chi connectivity index (χ2v) is 15.7. The molecule has 4 heterocycles. The van der Waals surface area contributed by atoms with E-state index >= 15 is 0 Å². The first kappa shape index (κ1) is 32.1. The quantitative estimate of drug-likeness (QED) is 0.184. The van der Waals surface area contributed by atoms with E-state index in [1.165, 1.54) is 24.2 Å². The van der Waals surface area contributed by atoms with Gasteiger partial charge in [-0.25, -0.2) is 24.4 Å². The van der Waals surface area contributed by atoms with E-state index in [2.05, 4.69) is 11.8 Å². The van der Waals surface area contributed by atoms with Crippen LogP contribution in [0.5, 0.6) is 0 Å². The number of aliphatic carboxylic acids is 1. The molecule has 3 aromatic heterocycles. The van der Waals surface area contributed by atoms with Gasteiger partial charge in [0.2, 0.25) is 0 Å². The molecule has 0 unspecified atom stereocenters. The zero-order valence-corrected chi connectivity index (χ0v) is 29.3. The number of hydrogen-bond acceptors (Lipinski definition) is 8. The predicted octanol–water partition coefficient (Wildman–Crippen LogP) is 8.19. The van der Waals surface area contributed by atoms with Crippen LogP contribution in [-0.4, -0.2) is 65.4 Å². The monoisotopic (exact) mass is 672 g/mol. The number of rotatable bonds is 7. The number of piperidine rings is 1. The normalized spacial score (nSPS) is 20.1. The lowest BCUT2D eigenvalue weighted by atomic mass is 9.79. The van der Waals surface area contributed by atoms with Crippen molar-refractivity contribution in [3.05, 3.63) is 58.4 Å². The molecule has 2 aromatic carbocycles. The van der Waals surface area contributed by atoms with Gasteiger partial charge in [0.25, 0.3) is 0 Å². The van der Waals surface area contributed by atoms with Crippen LogP contribution in [0.1, 0.15) is 82.2 Å². The lowest BCUT2D eigenvalue weighted by molar-refractivity contribution is -0.160. The Labute approximate surface area is 284 Å². The highest BCUT2D eigenvalue weighted by molar-refractivity contribution is 7.22. The average molecular weight is 673 g/mol.